The first kappa shape index (κ1) is 21.6. The molecule has 0 spiro atoms. The second-order valence-electron chi connectivity index (χ2n) is 6.99. The molecule has 0 aliphatic carbocycles. The van der Waals surface area contributed by atoms with Gasteiger partial charge in [0.1, 0.15) is 22.8 Å². The molecule has 1 aromatic carbocycles. The van der Waals surface area contributed by atoms with E-state index in [0.717, 1.165) is 31.4 Å². The summed E-state index contributed by atoms with van der Waals surface area (Å²) in [6.07, 6.45) is 6.73. The Bertz CT molecular complexity index is 1100. The predicted molar refractivity (Wildman–Crippen MR) is 122 cm³/mol. The molecule has 10 heteroatoms. The SMILES string of the molecule is O=C(/C=C/CNC1CCOCC1)Nc1cc2c(Nc3ccc(F)c(Cl)c3)ncnc2s1. The van der Waals surface area contributed by atoms with Gasteiger partial charge in [0.15, 0.2) is 0 Å². The van der Waals surface area contributed by atoms with Crippen LogP contribution in [0.2, 0.25) is 5.02 Å². The minimum Gasteiger partial charge on any atom is -0.381 e. The monoisotopic (exact) mass is 461 g/mol. The van der Waals surface area contributed by atoms with E-state index in [0.29, 0.717) is 33.9 Å². The first-order valence-electron chi connectivity index (χ1n) is 9.84. The molecule has 162 valence electrons. The summed E-state index contributed by atoms with van der Waals surface area (Å²) in [6, 6.07) is 6.58. The molecular formula is C21H21ClFN5O2S. The summed E-state index contributed by atoms with van der Waals surface area (Å²) in [5.41, 5.74) is 0.600. The lowest BCUT2D eigenvalue weighted by atomic mass is 10.1. The second kappa shape index (κ2) is 10.1. The second-order valence-corrected chi connectivity index (χ2v) is 8.43. The number of halogens is 2. The molecule has 0 radical (unpaired) electrons. The number of fused-ring (bicyclic) bond motifs is 1. The molecule has 1 saturated heterocycles. The molecule has 0 unspecified atom stereocenters. The zero-order valence-corrected chi connectivity index (χ0v) is 18.1. The zero-order valence-electron chi connectivity index (χ0n) is 16.5. The van der Waals surface area contributed by atoms with Gasteiger partial charge in [-0.25, -0.2) is 14.4 Å². The lowest BCUT2D eigenvalue weighted by molar-refractivity contribution is -0.111. The Morgan fingerprint density at radius 2 is 2.13 bits per heavy atom. The Balaban J connectivity index is 1.38. The van der Waals surface area contributed by atoms with Crippen molar-refractivity contribution in [1.82, 2.24) is 15.3 Å². The maximum atomic E-state index is 13.4. The van der Waals surface area contributed by atoms with Crippen LogP contribution in [0.3, 0.4) is 0 Å². The van der Waals surface area contributed by atoms with E-state index in [1.165, 1.54) is 35.9 Å². The number of benzene rings is 1. The summed E-state index contributed by atoms with van der Waals surface area (Å²) in [4.78, 5) is 21.5. The van der Waals surface area contributed by atoms with Gasteiger partial charge >= 0.3 is 0 Å². The summed E-state index contributed by atoms with van der Waals surface area (Å²) >= 11 is 7.19. The van der Waals surface area contributed by atoms with Crippen LogP contribution in [-0.4, -0.2) is 41.7 Å². The molecular weight excluding hydrogens is 441 g/mol. The van der Waals surface area contributed by atoms with Crippen molar-refractivity contribution in [2.75, 3.05) is 30.4 Å². The fraction of sp³-hybridized carbons (Fsp3) is 0.286. The molecule has 0 atom stereocenters. The molecule has 4 rings (SSSR count). The summed E-state index contributed by atoms with van der Waals surface area (Å²) in [5, 5.41) is 10.8. The van der Waals surface area contributed by atoms with Crippen molar-refractivity contribution in [3.8, 4) is 0 Å². The van der Waals surface area contributed by atoms with Gasteiger partial charge in [0.2, 0.25) is 5.91 Å². The van der Waals surface area contributed by atoms with Crippen molar-refractivity contribution < 1.29 is 13.9 Å². The Hall–Kier alpha value is -2.59. The van der Waals surface area contributed by atoms with Crippen molar-refractivity contribution in [3.05, 3.63) is 53.6 Å². The molecule has 3 N–H and O–H groups in total. The molecule has 3 aromatic rings. The highest BCUT2D eigenvalue weighted by Crippen LogP contribution is 2.33. The number of rotatable bonds is 7. The highest BCUT2D eigenvalue weighted by molar-refractivity contribution is 7.22. The highest BCUT2D eigenvalue weighted by Gasteiger charge is 2.13. The van der Waals surface area contributed by atoms with Gasteiger partial charge in [-0.1, -0.05) is 29.0 Å². The Labute approximate surface area is 187 Å². The molecule has 3 heterocycles. The minimum absolute atomic E-state index is 0.0201. The number of carbonyl (C=O) groups is 1. The Kier molecular flexibility index (Phi) is 7.08. The summed E-state index contributed by atoms with van der Waals surface area (Å²) in [6.45, 7) is 2.19. The van der Waals surface area contributed by atoms with E-state index in [-0.39, 0.29) is 10.9 Å². The van der Waals surface area contributed by atoms with Gasteiger partial charge in [-0.2, -0.15) is 0 Å². The van der Waals surface area contributed by atoms with E-state index < -0.39 is 5.82 Å². The van der Waals surface area contributed by atoms with Crippen LogP contribution in [0.15, 0.2) is 42.7 Å². The molecule has 1 amide bonds. The lowest BCUT2D eigenvalue weighted by Gasteiger charge is -2.22. The lowest BCUT2D eigenvalue weighted by Crippen LogP contribution is -2.34. The number of carbonyl (C=O) groups excluding carboxylic acids is 1. The smallest absolute Gasteiger partial charge is 0.248 e. The zero-order chi connectivity index (χ0) is 21.6. The normalized spacial score (nSPS) is 14.9. The third-order valence-corrected chi connectivity index (χ3v) is 6.02. The fourth-order valence-corrected chi connectivity index (χ4v) is 4.28. The Morgan fingerprint density at radius 1 is 1.29 bits per heavy atom. The molecule has 2 aromatic heterocycles. The van der Waals surface area contributed by atoms with E-state index >= 15 is 0 Å². The van der Waals surface area contributed by atoms with Crippen LogP contribution < -0.4 is 16.0 Å². The number of aromatic nitrogens is 2. The van der Waals surface area contributed by atoms with Gasteiger partial charge in [-0.3, -0.25) is 4.79 Å². The molecule has 1 aliphatic heterocycles. The number of hydrogen-bond acceptors (Lipinski definition) is 7. The van der Waals surface area contributed by atoms with Gasteiger partial charge in [0.05, 0.1) is 15.4 Å². The summed E-state index contributed by atoms with van der Waals surface area (Å²) in [7, 11) is 0. The molecule has 1 aliphatic rings. The van der Waals surface area contributed by atoms with Crippen molar-refractivity contribution in [2.24, 2.45) is 0 Å². The summed E-state index contributed by atoms with van der Waals surface area (Å²) in [5.74, 6) is -0.162. The van der Waals surface area contributed by atoms with Gasteiger partial charge in [0.25, 0.3) is 0 Å². The van der Waals surface area contributed by atoms with E-state index in [1.807, 2.05) is 6.08 Å². The first-order chi connectivity index (χ1) is 15.1. The van der Waals surface area contributed by atoms with Gasteiger partial charge < -0.3 is 20.7 Å². The molecule has 31 heavy (non-hydrogen) atoms. The van der Waals surface area contributed by atoms with Crippen LogP contribution in [0.5, 0.6) is 0 Å². The molecule has 1 fully saturated rings. The van der Waals surface area contributed by atoms with Crippen LogP contribution in [0.25, 0.3) is 10.2 Å². The van der Waals surface area contributed by atoms with E-state index in [9.17, 15) is 9.18 Å². The van der Waals surface area contributed by atoms with Crippen LogP contribution >= 0.6 is 22.9 Å². The molecule has 7 nitrogen and oxygen atoms in total. The van der Waals surface area contributed by atoms with Gasteiger partial charge in [-0.05, 0) is 37.1 Å². The number of thiophene rings is 1. The minimum atomic E-state index is -0.489. The van der Waals surface area contributed by atoms with E-state index in [1.54, 1.807) is 12.1 Å². The van der Waals surface area contributed by atoms with Gasteiger partial charge in [-0.15, -0.1) is 0 Å². The third-order valence-electron chi connectivity index (χ3n) is 4.77. The number of hydrogen-bond donors (Lipinski definition) is 3. The maximum absolute atomic E-state index is 13.4. The average Bonchev–Trinajstić information content (AvgIpc) is 3.18. The third kappa shape index (κ3) is 5.76. The predicted octanol–water partition coefficient (Wildman–Crippen LogP) is 4.49. The number of nitrogens with zero attached hydrogens (tertiary/aromatic N) is 2. The largest absolute Gasteiger partial charge is 0.381 e. The Morgan fingerprint density at radius 3 is 2.94 bits per heavy atom. The van der Waals surface area contributed by atoms with Crippen LogP contribution in [0.1, 0.15) is 12.8 Å². The number of anilines is 3. The average molecular weight is 462 g/mol. The topological polar surface area (TPSA) is 88.2 Å². The van der Waals surface area contributed by atoms with Crippen molar-refractivity contribution in [3.63, 3.8) is 0 Å². The highest BCUT2D eigenvalue weighted by atomic mass is 35.5. The van der Waals surface area contributed by atoms with Crippen molar-refractivity contribution in [1.29, 1.82) is 0 Å². The van der Waals surface area contributed by atoms with Crippen LogP contribution in [0.4, 0.5) is 20.9 Å². The molecule has 0 saturated carbocycles. The van der Waals surface area contributed by atoms with Crippen LogP contribution in [-0.2, 0) is 9.53 Å². The maximum Gasteiger partial charge on any atom is 0.248 e. The molecule has 0 bridgehead atoms. The quantitative estimate of drug-likeness (QED) is 0.449. The first-order valence-corrected chi connectivity index (χ1v) is 11.0. The van der Waals surface area contributed by atoms with Gasteiger partial charge in [0, 0.05) is 37.6 Å². The van der Waals surface area contributed by atoms with E-state index in [2.05, 4.69) is 25.9 Å². The number of ether oxygens (including phenoxy) is 1. The standard InChI is InChI=1S/C21H21ClFN5O2S/c22-16-10-14(3-4-17(16)23)27-20-15-11-19(31-21(15)26-12-25-20)28-18(29)2-1-7-24-13-5-8-30-9-6-13/h1-4,10-13,24H,5-9H2,(H,28,29)(H,25,26,27)/b2-1+. The number of amides is 1. The van der Waals surface area contributed by atoms with E-state index in [4.69, 9.17) is 16.3 Å². The summed E-state index contributed by atoms with van der Waals surface area (Å²) < 4.78 is 18.7. The van der Waals surface area contributed by atoms with Crippen molar-refractivity contribution >= 4 is 55.6 Å². The van der Waals surface area contributed by atoms with Crippen molar-refractivity contribution in [2.45, 2.75) is 18.9 Å². The number of nitrogens with one attached hydrogen (secondary N) is 3. The van der Waals surface area contributed by atoms with Crippen LogP contribution in [0, 0.1) is 5.82 Å². The fourth-order valence-electron chi connectivity index (χ4n) is 3.19.